The first-order valence-electron chi connectivity index (χ1n) is 11.2. The standard InChI is InChI=1S/C26H25ClN2O6S/c1-34-23-13-8-18(16-24(23)35-2)14-15-28(36(32,33)21-11-9-19(27)10-12-21)22-17-25(30)29(26(22)31)20-6-4-3-5-7-20/h3-13,16,22H,14-15,17H2,1-2H3. The van der Waals surface area contributed by atoms with Gasteiger partial charge in [0.05, 0.1) is 31.2 Å². The van der Waals surface area contributed by atoms with Crippen LogP contribution in [0, 0.1) is 0 Å². The van der Waals surface area contributed by atoms with Crippen molar-refractivity contribution >= 4 is 39.1 Å². The Labute approximate surface area is 215 Å². The van der Waals surface area contributed by atoms with E-state index in [1.807, 2.05) is 0 Å². The first-order chi connectivity index (χ1) is 17.3. The first-order valence-corrected chi connectivity index (χ1v) is 13.0. The fourth-order valence-electron chi connectivity index (χ4n) is 4.15. The van der Waals surface area contributed by atoms with Gasteiger partial charge >= 0.3 is 0 Å². The van der Waals surface area contributed by atoms with Crippen LogP contribution in [0.3, 0.4) is 0 Å². The molecule has 36 heavy (non-hydrogen) atoms. The fourth-order valence-corrected chi connectivity index (χ4v) is 5.86. The highest BCUT2D eigenvalue weighted by Gasteiger charge is 2.46. The van der Waals surface area contributed by atoms with Crippen molar-refractivity contribution in [2.45, 2.75) is 23.8 Å². The predicted octanol–water partition coefficient (Wildman–Crippen LogP) is 3.92. The van der Waals surface area contributed by atoms with Crippen LogP contribution in [0.5, 0.6) is 11.5 Å². The Hall–Kier alpha value is -3.40. The maximum atomic E-state index is 13.7. The van der Waals surface area contributed by atoms with E-state index in [-0.39, 0.29) is 24.3 Å². The molecule has 3 aromatic rings. The monoisotopic (exact) mass is 528 g/mol. The highest BCUT2D eigenvalue weighted by molar-refractivity contribution is 7.89. The van der Waals surface area contributed by atoms with Crippen LogP contribution >= 0.6 is 11.6 Å². The minimum absolute atomic E-state index is 0.0161. The number of methoxy groups -OCH3 is 2. The summed E-state index contributed by atoms with van der Waals surface area (Å²) in [6.07, 6.45) is 0.0168. The zero-order valence-corrected chi connectivity index (χ0v) is 21.3. The number of carbonyl (C=O) groups is 2. The highest BCUT2D eigenvalue weighted by atomic mass is 35.5. The van der Waals surface area contributed by atoms with Gasteiger partial charge in [0.1, 0.15) is 6.04 Å². The van der Waals surface area contributed by atoms with Gasteiger partial charge in [-0.1, -0.05) is 35.9 Å². The van der Waals surface area contributed by atoms with Crippen LogP contribution < -0.4 is 14.4 Å². The van der Waals surface area contributed by atoms with Crippen molar-refractivity contribution in [1.29, 1.82) is 0 Å². The number of halogens is 1. The summed E-state index contributed by atoms with van der Waals surface area (Å²) in [5.41, 5.74) is 1.18. The van der Waals surface area contributed by atoms with Gasteiger partial charge in [0.15, 0.2) is 11.5 Å². The van der Waals surface area contributed by atoms with Crippen molar-refractivity contribution < 1.29 is 27.5 Å². The van der Waals surface area contributed by atoms with Gasteiger partial charge in [0, 0.05) is 11.6 Å². The molecule has 8 nitrogen and oxygen atoms in total. The molecule has 1 aliphatic rings. The number of ether oxygens (including phenoxy) is 2. The molecule has 3 aromatic carbocycles. The van der Waals surface area contributed by atoms with Crippen molar-refractivity contribution in [3.05, 3.63) is 83.4 Å². The lowest BCUT2D eigenvalue weighted by atomic mass is 10.1. The fraction of sp³-hybridized carbons (Fsp3) is 0.231. The Kier molecular flexibility index (Phi) is 7.63. The van der Waals surface area contributed by atoms with Crippen molar-refractivity contribution in [3.8, 4) is 11.5 Å². The third-order valence-electron chi connectivity index (χ3n) is 5.97. The van der Waals surface area contributed by atoms with E-state index in [1.165, 1.54) is 38.5 Å². The lowest BCUT2D eigenvalue weighted by Crippen LogP contribution is -2.46. The lowest BCUT2D eigenvalue weighted by molar-refractivity contribution is -0.122. The minimum Gasteiger partial charge on any atom is -0.493 e. The largest absolute Gasteiger partial charge is 0.493 e. The zero-order valence-electron chi connectivity index (χ0n) is 19.8. The summed E-state index contributed by atoms with van der Waals surface area (Å²) in [5, 5.41) is 0.383. The Morgan fingerprint density at radius 1 is 0.944 bits per heavy atom. The van der Waals surface area contributed by atoms with Crippen molar-refractivity contribution in [2.75, 3.05) is 25.7 Å². The summed E-state index contributed by atoms with van der Waals surface area (Å²) in [4.78, 5) is 27.3. The minimum atomic E-state index is -4.14. The second-order valence-corrected chi connectivity index (χ2v) is 10.5. The molecule has 1 fully saturated rings. The summed E-state index contributed by atoms with van der Waals surface area (Å²) in [5.74, 6) is 0.00103. The molecule has 1 atom stereocenters. The van der Waals surface area contributed by atoms with Crippen LogP contribution in [0.1, 0.15) is 12.0 Å². The number of hydrogen-bond donors (Lipinski definition) is 0. The van der Waals surface area contributed by atoms with Crippen LogP contribution in [0.15, 0.2) is 77.7 Å². The van der Waals surface area contributed by atoms with Crippen molar-refractivity contribution in [3.63, 3.8) is 0 Å². The lowest BCUT2D eigenvalue weighted by Gasteiger charge is -2.27. The van der Waals surface area contributed by atoms with E-state index in [2.05, 4.69) is 0 Å². The van der Waals surface area contributed by atoms with Gasteiger partial charge in [-0.2, -0.15) is 4.31 Å². The Morgan fingerprint density at radius 3 is 2.25 bits per heavy atom. The molecule has 0 N–H and O–H groups in total. The average Bonchev–Trinajstić information content (AvgIpc) is 3.17. The number of anilines is 1. The molecule has 0 saturated carbocycles. The third-order valence-corrected chi connectivity index (χ3v) is 8.15. The van der Waals surface area contributed by atoms with Crippen LogP contribution in [0.2, 0.25) is 5.02 Å². The van der Waals surface area contributed by atoms with E-state index in [4.69, 9.17) is 21.1 Å². The molecule has 10 heteroatoms. The summed E-state index contributed by atoms with van der Waals surface area (Å²) < 4.78 is 39.2. The maximum absolute atomic E-state index is 13.7. The number of sulfonamides is 1. The van der Waals surface area contributed by atoms with Crippen LogP contribution in [0.25, 0.3) is 0 Å². The van der Waals surface area contributed by atoms with E-state index in [9.17, 15) is 18.0 Å². The summed E-state index contributed by atoms with van der Waals surface area (Å²) in [6.45, 7) is -0.0350. The van der Waals surface area contributed by atoms with Gasteiger partial charge in [-0.05, 0) is 60.5 Å². The first kappa shape index (κ1) is 25.7. The molecule has 0 aliphatic carbocycles. The van der Waals surface area contributed by atoms with Gasteiger partial charge in [-0.15, -0.1) is 0 Å². The predicted molar refractivity (Wildman–Crippen MR) is 136 cm³/mol. The quantitative estimate of drug-likeness (QED) is 0.391. The van der Waals surface area contributed by atoms with Crippen LogP contribution in [0.4, 0.5) is 5.69 Å². The Bertz CT molecular complexity index is 1360. The van der Waals surface area contributed by atoms with E-state index in [0.717, 1.165) is 14.8 Å². The maximum Gasteiger partial charge on any atom is 0.252 e. The second-order valence-electron chi connectivity index (χ2n) is 8.13. The Morgan fingerprint density at radius 2 is 1.61 bits per heavy atom. The molecule has 0 spiro atoms. The number of imide groups is 1. The van der Waals surface area contributed by atoms with Crippen LogP contribution in [-0.4, -0.2) is 51.3 Å². The average molecular weight is 529 g/mol. The zero-order chi connectivity index (χ0) is 25.9. The van der Waals surface area contributed by atoms with Crippen molar-refractivity contribution in [1.82, 2.24) is 4.31 Å². The topological polar surface area (TPSA) is 93.2 Å². The molecular formula is C26H25ClN2O6S. The smallest absolute Gasteiger partial charge is 0.252 e. The van der Waals surface area contributed by atoms with Crippen molar-refractivity contribution in [2.24, 2.45) is 0 Å². The summed E-state index contributed by atoms with van der Waals surface area (Å²) in [7, 11) is -1.10. The van der Waals surface area contributed by atoms with E-state index in [0.29, 0.717) is 22.2 Å². The molecule has 1 heterocycles. The Balaban J connectivity index is 1.69. The molecule has 1 unspecified atom stereocenters. The number of carbonyl (C=O) groups excluding carboxylic acids is 2. The molecule has 1 aliphatic heterocycles. The number of amides is 2. The van der Waals surface area contributed by atoms with Gasteiger partial charge in [-0.25, -0.2) is 13.3 Å². The second kappa shape index (κ2) is 10.7. The summed E-state index contributed by atoms with van der Waals surface area (Å²) in [6, 6.07) is 18.3. The number of hydrogen-bond acceptors (Lipinski definition) is 6. The number of para-hydroxylation sites is 1. The van der Waals surface area contributed by atoms with Gasteiger partial charge in [0.25, 0.3) is 5.91 Å². The normalized spacial score (nSPS) is 16.0. The number of rotatable bonds is 9. The highest BCUT2D eigenvalue weighted by Crippen LogP contribution is 2.31. The third kappa shape index (κ3) is 5.09. The summed E-state index contributed by atoms with van der Waals surface area (Å²) >= 11 is 5.96. The molecule has 188 valence electrons. The number of benzene rings is 3. The SMILES string of the molecule is COc1ccc(CCN(C2CC(=O)N(c3ccccc3)C2=O)S(=O)(=O)c2ccc(Cl)cc2)cc1OC. The van der Waals surface area contributed by atoms with E-state index in [1.54, 1.807) is 48.5 Å². The van der Waals surface area contributed by atoms with Crippen LogP contribution in [-0.2, 0) is 26.0 Å². The number of nitrogens with zero attached hydrogens (tertiary/aromatic N) is 2. The van der Waals surface area contributed by atoms with E-state index < -0.39 is 27.9 Å². The molecule has 2 amide bonds. The molecular weight excluding hydrogens is 504 g/mol. The molecule has 0 radical (unpaired) electrons. The molecule has 4 rings (SSSR count). The molecule has 0 aromatic heterocycles. The molecule has 1 saturated heterocycles. The van der Waals surface area contributed by atoms with Gasteiger partial charge < -0.3 is 9.47 Å². The van der Waals surface area contributed by atoms with Gasteiger partial charge in [0.2, 0.25) is 15.9 Å². The van der Waals surface area contributed by atoms with Gasteiger partial charge in [-0.3, -0.25) is 9.59 Å². The molecule has 0 bridgehead atoms. The van der Waals surface area contributed by atoms with E-state index >= 15 is 0 Å².